The van der Waals surface area contributed by atoms with Crippen LogP contribution in [0.3, 0.4) is 0 Å². The molecule has 0 radical (unpaired) electrons. The first-order chi connectivity index (χ1) is 32.3. The number of fused-ring (bicyclic) bond motifs is 6. The summed E-state index contributed by atoms with van der Waals surface area (Å²) in [7, 11) is 0. The smallest absolute Gasteiger partial charge is 0.247 e. The van der Waals surface area contributed by atoms with Gasteiger partial charge >= 0.3 is 0 Å². The monoisotopic (exact) mass is 872 g/mol. The predicted molar refractivity (Wildman–Crippen MR) is 288 cm³/mol. The Labute approximate surface area is 399 Å². The fraction of sp³-hybridized carbons (Fsp3) is 0.238. The Balaban J connectivity index is 1.24. The molecule has 67 heavy (non-hydrogen) atoms. The molecule has 0 saturated carbocycles. The average molecular weight is 872 g/mol. The Morgan fingerprint density at radius 3 is 1.04 bits per heavy atom. The largest absolute Gasteiger partial charge is 0.312 e. The van der Waals surface area contributed by atoms with Gasteiger partial charge in [-0.15, -0.1) is 0 Å². The van der Waals surface area contributed by atoms with E-state index in [1.807, 2.05) is 0 Å². The van der Waals surface area contributed by atoms with Crippen LogP contribution < -0.4 is 31.1 Å². The third-order valence-corrected chi connectivity index (χ3v) is 15.4. The van der Waals surface area contributed by atoms with Gasteiger partial charge in [0.2, 0.25) is 6.71 Å². The highest BCUT2D eigenvalue weighted by atomic mass is 15.2. The number of hydrogen-bond acceptors (Lipinski definition) is 3. The van der Waals surface area contributed by atoms with Gasteiger partial charge in [-0.1, -0.05) is 178 Å². The van der Waals surface area contributed by atoms with Gasteiger partial charge in [-0.05, 0) is 140 Å². The first kappa shape index (κ1) is 42.8. The van der Waals surface area contributed by atoms with Gasteiger partial charge in [-0.3, -0.25) is 0 Å². The molecule has 4 heteroatoms. The van der Waals surface area contributed by atoms with Crippen LogP contribution in [0, 0.1) is 0 Å². The van der Waals surface area contributed by atoms with E-state index in [2.05, 4.69) is 260 Å². The molecule has 0 aromatic heterocycles. The van der Waals surface area contributed by atoms with Gasteiger partial charge in [-0.2, -0.15) is 0 Å². The molecule has 0 saturated heterocycles. The van der Waals surface area contributed by atoms with Crippen molar-refractivity contribution in [3.05, 3.63) is 215 Å². The zero-order valence-electron chi connectivity index (χ0n) is 40.9. The van der Waals surface area contributed by atoms with Crippen molar-refractivity contribution in [2.75, 3.05) is 14.7 Å². The van der Waals surface area contributed by atoms with E-state index in [1.54, 1.807) is 0 Å². The van der Waals surface area contributed by atoms with Crippen molar-refractivity contribution in [2.45, 2.75) is 97.8 Å². The Morgan fingerprint density at radius 2 is 0.687 bits per heavy atom. The van der Waals surface area contributed by atoms with Gasteiger partial charge in [0.15, 0.2) is 0 Å². The first-order valence-corrected chi connectivity index (χ1v) is 24.6. The van der Waals surface area contributed by atoms with Crippen LogP contribution in [0.5, 0.6) is 0 Å². The molecule has 3 nitrogen and oxygen atoms in total. The SMILES string of the molecule is CC(C)c1cc(C(C)C)c(B2c3cc(N4c5ccccc5C(C)(C)c5ccccc54)ccc3N(c3ccccc3)c3ccc(N4c5ccccc5C(C)(C)c5ccccc54)cc32)c(C(C)C)c1. The highest BCUT2D eigenvalue weighted by molar-refractivity contribution is 6.98. The van der Waals surface area contributed by atoms with Gasteiger partial charge in [0.25, 0.3) is 0 Å². The average Bonchev–Trinajstić information content (AvgIpc) is 3.33. The Hall–Kier alpha value is -6.78. The zero-order chi connectivity index (χ0) is 46.5. The van der Waals surface area contributed by atoms with Gasteiger partial charge in [0, 0.05) is 39.3 Å². The van der Waals surface area contributed by atoms with E-state index < -0.39 is 0 Å². The van der Waals surface area contributed by atoms with E-state index in [9.17, 15) is 0 Å². The van der Waals surface area contributed by atoms with Crippen molar-refractivity contribution in [1.82, 2.24) is 0 Å². The molecule has 0 N–H and O–H groups in total. The summed E-state index contributed by atoms with van der Waals surface area (Å²) in [5.41, 5.74) is 24.2. The molecule has 3 aliphatic heterocycles. The second kappa shape index (κ2) is 15.9. The van der Waals surface area contributed by atoms with Crippen molar-refractivity contribution in [3.8, 4) is 0 Å². The van der Waals surface area contributed by atoms with Crippen LogP contribution in [0.25, 0.3) is 0 Å². The van der Waals surface area contributed by atoms with Crippen LogP contribution in [-0.2, 0) is 10.8 Å². The second-order valence-corrected chi connectivity index (χ2v) is 21.2. The van der Waals surface area contributed by atoms with Crippen LogP contribution in [0.15, 0.2) is 176 Å². The number of benzene rings is 8. The maximum Gasteiger partial charge on any atom is 0.247 e. The van der Waals surface area contributed by atoms with Crippen molar-refractivity contribution in [1.29, 1.82) is 0 Å². The topological polar surface area (TPSA) is 9.72 Å². The molecule has 0 aliphatic carbocycles. The van der Waals surface area contributed by atoms with Crippen molar-refractivity contribution in [2.24, 2.45) is 0 Å². The van der Waals surface area contributed by atoms with E-state index in [1.165, 1.54) is 101 Å². The van der Waals surface area contributed by atoms with Crippen molar-refractivity contribution >= 4 is 74.3 Å². The fourth-order valence-corrected chi connectivity index (χ4v) is 11.9. The molecule has 332 valence electrons. The molecule has 8 aromatic rings. The highest BCUT2D eigenvalue weighted by Gasteiger charge is 2.43. The van der Waals surface area contributed by atoms with E-state index in [0.717, 1.165) is 5.69 Å². The molecule has 8 aromatic carbocycles. The van der Waals surface area contributed by atoms with Gasteiger partial charge < -0.3 is 14.7 Å². The van der Waals surface area contributed by atoms with Gasteiger partial charge in [0.1, 0.15) is 0 Å². The standard InChI is InChI=1S/C63H62BN3/c1-40(2)43-36-47(41(3)4)61(48(37-43)42(5)6)64-53-38-45(66-55-28-18-14-24-49(55)62(7,8)50-25-15-19-29-56(50)66)32-34-59(53)65(44-22-12-11-13-23-44)60-35-33-46(39-54(60)64)67-57-30-20-16-26-51(57)63(9,10)52-27-17-21-31-58(52)67/h11-42H,1-10H3. The van der Waals surface area contributed by atoms with Crippen LogP contribution in [0.4, 0.5) is 51.2 Å². The number of hydrogen-bond donors (Lipinski definition) is 0. The highest BCUT2D eigenvalue weighted by Crippen LogP contribution is 2.54. The summed E-state index contributed by atoms with van der Waals surface area (Å²) >= 11 is 0. The summed E-state index contributed by atoms with van der Waals surface area (Å²) in [5, 5.41) is 0. The molecule has 0 fully saturated rings. The van der Waals surface area contributed by atoms with E-state index in [4.69, 9.17) is 0 Å². The summed E-state index contributed by atoms with van der Waals surface area (Å²) in [5.74, 6) is 1.03. The van der Waals surface area contributed by atoms with Crippen LogP contribution in [0.1, 0.15) is 126 Å². The zero-order valence-corrected chi connectivity index (χ0v) is 40.9. The number of nitrogens with zero attached hydrogens (tertiary/aromatic N) is 3. The lowest BCUT2D eigenvalue weighted by atomic mass is 9.33. The Kier molecular flexibility index (Phi) is 10.2. The molecular formula is C63H62BN3. The lowest BCUT2D eigenvalue weighted by molar-refractivity contribution is 0.632. The lowest BCUT2D eigenvalue weighted by Crippen LogP contribution is -2.59. The summed E-state index contributed by atoms with van der Waals surface area (Å²) in [4.78, 5) is 7.59. The minimum Gasteiger partial charge on any atom is -0.312 e. The minimum absolute atomic E-state index is 0.0701. The third kappa shape index (κ3) is 6.62. The maximum atomic E-state index is 2.55. The Bertz CT molecular complexity index is 2930. The molecule has 3 heterocycles. The van der Waals surface area contributed by atoms with Crippen LogP contribution in [-0.4, -0.2) is 6.71 Å². The van der Waals surface area contributed by atoms with Crippen molar-refractivity contribution < 1.29 is 0 Å². The van der Waals surface area contributed by atoms with Crippen molar-refractivity contribution in [3.63, 3.8) is 0 Å². The normalized spacial score (nSPS) is 15.2. The maximum absolute atomic E-state index is 2.55. The second-order valence-electron chi connectivity index (χ2n) is 21.2. The molecule has 0 atom stereocenters. The molecular weight excluding hydrogens is 810 g/mol. The first-order valence-electron chi connectivity index (χ1n) is 24.6. The number of rotatable bonds is 7. The molecule has 0 spiro atoms. The Morgan fingerprint density at radius 1 is 0.343 bits per heavy atom. The van der Waals surface area contributed by atoms with Gasteiger partial charge in [0.05, 0.1) is 22.7 Å². The number of anilines is 9. The third-order valence-electron chi connectivity index (χ3n) is 15.4. The summed E-state index contributed by atoms with van der Waals surface area (Å²) in [6.07, 6.45) is 0. The quantitative estimate of drug-likeness (QED) is 0.148. The van der Waals surface area contributed by atoms with E-state index in [-0.39, 0.29) is 17.5 Å². The fourth-order valence-electron chi connectivity index (χ4n) is 11.9. The minimum atomic E-state index is -0.155. The summed E-state index contributed by atoms with van der Waals surface area (Å²) in [6, 6.07) is 66.9. The molecule has 3 aliphatic rings. The van der Waals surface area contributed by atoms with E-state index in [0.29, 0.717) is 17.8 Å². The molecule has 11 rings (SSSR count). The lowest BCUT2D eigenvalue weighted by Gasteiger charge is -2.44. The summed E-state index contributed by atoms with van der Waals surface area (Å²) < 4.78 is 0. The summed E-state index contributed by atoms with van der Waals surface area (Å²) in [6.45, 7) is 23.7. The molecule has 0 unspecified atom stereocenters. The van der Waals surface area contributed by atoms with Gasteiger partial charge in [-0.25, -0.2) is 0 Å². The molecule has 0 bridgehead atoms. The van der Waals surface area contributed by atoms with Crippen LogP contribution >= 0.6 is 0 Å². The number of para-hydroxylation sites is 5. The van der Waals surface area contributed by atoms with E-state index >= 15 is 0 Å². The van der Waals surface area contributed by atoms with Crippen LogP contribution in [0.2, 0.25) is 0 Å². The predicted octanol–water partition coefficient (Wildman–Crippen LogP) is 15.6. The molecule has 0 amide bonds.